The maximum Gasteiger partial charge on any atom is 0.182 e. The Labute approximate surface area is 233 Å². The van der Waals surface area contributed by atoms with Gasteiger partial charge < -0.3 is 14.5 Å². The average molecular weight is 533 g/mol. The Kier molecular flexibility index (Phi) is 8.16. The van der Waals surface area contributed by atoms with E-state index >= 15 is 0 Å². The topological polar surface area (TPSA) is 57.1 Å². The van der Waals surface area contributed by atoms with Gasteiger partial charge in [0.1, 0.15) is 25.1 Å². The van der Waals surface area contributed by atoms with E-state index in [-0.39, 0.29) is 17.6 Å². The molecule has 1 saturated heterocycles. The minimum atomic E-state index is -0.270. The third-order valence-corrected chi connectivity index (χ3v) is 7.90. The first-order valence-corrected chi connectivity index (χ1v) is 14.5. The number of aromatic nitrogens is 2. The molecular weight excluding hydrogens is 491 g/mol. The SMILES string of the molecule is Bc1cc(/C(=N\C)N2CCN(C(=C)OC(C)(C)C)CC2C)c(N2C=CC(C)c3nccc(SC)c32)nc1C. The molecule has 38 heavy (non-hydrogen) atoms. The number of piperazine rings is 1. The molecule has 4 heterocycles. The molecule has 2 atom stereocenters. The molecule has 0 aliphatic carbocycles. The van der Waals surface area contributed by atoms with Crippen molar-refractivity contribution in [1.82, 2.24) is 19.8 Å². The average Bonchev–Trinajstić information content (AvgIpc) is 2.86. The summed E-state index contributed by atoms with van der Waals surface area (Å²) in [5, 5.41) is 0. The van der Waals surface area contributed by atoms with Gasteiger partial charge in [0.05, 0.1) is 16.9 Å². The van der Waals surface area contributed by atoms with Crippen LogP contribution in [0.1, 0.15) is 57.5 Å². The van der Waals surface area contributed by atoms with Crippen LogP contribution in [0.2, 0.25) is 0 Å². The van der Waals surface area contributed by atoms with Gasteiger partial charge in [-0.2, -0.15) is 0 Å². The molecule has 0 saturated carbocycles. The first kappa shape index (κ1) is 28.1. The quantitative estimate of drug-likeness (QED) is 0.188. The summed E-state index contributed by atoms with van der Waals surface area (Å²) in [5.74, 6) is 2.80. The highest BCUT2D eigenvalue weighted by Gasteiger charge is 2.33. The molecule has 202 valence electrons. The molecule has 2 aromatic heterocycles. The molecule has 4 rings (SSSR count). The van der Waals surface area contributed by atoms with Crippen molar-refractivity contribution in [3.8, 4) is 0 Å². The summed E-state index contributed by atoms with van der Waals surface area (Å²) in [7, 11) is 4.00. The molecule has 0 N–H and O–H groups in total. The van der Waals surface area contributed by atoms with Gasteiger partial charge in [0.25, 0.3) is 0 Å². The molecule has 2 aliphatic rings. The number of amidine groups is 1. The number of anilines is 2. The van der Waals surface area contributed by atoms with E-state index in [2.05, 4.69) is 101 Å². The lowest BCUT2D eigenvalue weighted by molar-refractivity contribution is -0.0112. The van der Waals surface area contributed by atoms with Gasteiger partial charge in [-0.1, -0.05) is 24.5 Å². The molecule has 2 aromatic rings. The number of nitrogens with zero attached hydrogens (tertiary/aromatic N) is 6. The molecule has 0 spiro atoms. The van der Waals surface area contributed by atoms with Crippen LogP contribution in [0.4, 0.5) is 11.5 Å². The molecule has 0 aromatic carbocycles. The molecule has 7 nitrogen and oxygen atoms in total. The smallest absolute Gasteiger partial charge is 0.182 e. The van der Waals surface area contributed by atoms with Crippen molar-refractivity contribution in [2.45, 2.75) is 64.0 Å². The van der Waals surface area contributed by atoms with Crippen molar-refractivity contribution in [2.75, 3.05) is 37.8 Å². The summed E-state index contributed by atoms with van der Waals surface area (Å²) in [6.07, 6.45) is 8.37. The summed E-state index contributed by atoms with van der Waals surface area (Å²) in [5.41, 5.74) is 5.09. The number of allylic oxidation sites excluding steroid dienone is 1. The molecule has 0 bridgehead atoms. The minimum Gasteiger partial charge on any atom is -0.474 e. The highest BCUT2D eigenvalue weighted by molar-refractivity contribution is 7.98. The van der Waals surface area contributed by atoms with E-state index < -0.39 is 0 Å². The predicted molar refractivity (Wildman–Crippen MR) is 163 cm³/mol. The third kappa shape index (κ3) is 5.58. The zero-order chi connectivity index (χ0) is 27.8. The van der Waals surface area contributed by atoms with Crippen LogP contribution in [0, 0.1) is 6.92 Å². The Balaban J connectivity index is 1.73. The zero-order valence-electron chi connectivity index (χ0n) is 24.4. The molecule has 0 amide bonds. The van der Waals surface area contributed by atoms with Crippen molar-refractivity contribution in [3.05, 3.63) is 60.0 Å². The van der Waals surface area contributed by atoms with Crippen LogP contribution in [0.5, 0.6) is 0 Å². The number of aliphatic imine (C=N–C) groups is 1. The number of pyridine rings is 2. The second-order valence-corrected chi connectivity index (χ2v) is 12.0. The Hall–Kier alpha value is -2.94. The maximum absolute atomic E-state index is 6.07. The van der Waals surface area contributed by atoms with Crippen molar-refractivity contribution >= 4 is 42.4 Å². The van der Waals surface area contributed by atoms with Crippen molar-refractivity contribution in [1.29, 1.82) is 0 Å². The largest absolute Gasteiger partial charge is 0.474 e. The fourth-order valence-corrected chi connectivity index (χ4v) is 5.70. The third-order valence-electron chi connectivity index (χ3n) is 7.13. The number of rotatable bonds is 5. The Morgan fingerprint density at radius 3 is 2.63 bits per heavy atom. The first-order valence-electron chi connectivity index (χ1n) is 13.3. The van der Waals surface area contributed by atoms with Gasteiger partial charge in [-0.15, -0.1) is 11.8 Å². The van der Waals surface area contributed by atoms with E-state index in [1.807, 2.05) is 13.2 Å². The van der Waals surface area contributed by atoms with Gasteiger partial charge in [-0.25, -0.2) is 4.98 Å². The van der Waals surface area contributed by atoms with Crippen LogP contribution in [-0.2, 0) is 4.74 Å². The predicted octanol–water partition coefficient (Wildman–Crippen LogP) is 4.20. The summed E-state index contributed by atoms with van der Waals surface area (Å²) in [4.78, 5) is 22.8. The molecule has 1 fully saturated rings. The molecular formula is C29H41BN6OS. The van der Waals surface area contributed by atoms with Crippen LogP contribution >= 0.6 is 11.8 Å². The van der Waals surface area contributed by atoms with Gasteiger partial charge in [-0.05, 0) is 53.5 Å². The van der Waals surface area contributed by atoms with Gasteiger partial charge in [-0.3, -0.25) is 14.9 Å². The number of thioether (sulfide) groups is 1. The van der Waals surface area contributed by atoms with Crippen molar-refractivity contribution in [3.63, 3.8) is 0 Å². The number of aryl methyl sites for hydroxylation is 1. The van der Waals surface area contributed by atoms with Gasteiger partial charge in [0, 0.05) is 61.6 Å². The minimum absolute atomic E-state index is 0.213. The highest BCUT2D eigenvalue weighted by atomic mass is 32.2. The fourth-order valence-electron chi connectivity index (χ4n) is 5.11. The maximum atomic E-state index is 6.07. The van der Waals surface area contributed by atoms with Crippen molar-refractivity contribution in [2.24, 2.45) is 4.99 Å². The zero-order valence-corrected chi connectivity index (χ0v) is 25.2. The van der Waals surface area contributed by atoms with Crippen LogP contribution in [0.25, 0.3) is 0 Å². The lowest BCUT2D eigenvalue weighted by Gasteiger charge is -2.44. The van der Waals surface area contributed by atoms with E-state index in [0.717, 1.165) is 65.3 Å². The number of hydrogen-bond acceptors (Lipinski definition) is 7. The summed E-state index contributed by atoms with van der Waals surface area (Å²) < 4.78 is 6.07. The number of ether oxygens (including phenoxy) is 1. The Bertz CT molecular complexity index is 1270. The number of hydrogen-bond donors (Lipinski definition) is 0. The first-order chi connectivity index (χ1) is 17.9. The summed E-state index contributed by atoms with van der Waals surface area (Å²) >= 11 is 1.74. The lowest BCUT2D eigenvalue weighted by atomic mass is 9.92. The van der Waals surface area contributed by atoms with Crippen LogP contribution in [0.15, 0.2) is 53.0 Å². The number of fused-ring (bicyclic) bond motifs is 1. The lowest BCUT2D eigenvalue weighted by Crippen LogP contribution is -2.54. The van der Waals surface area contributed by atoms with Crippen LogP contribution < -0.4 is 10.4 Å². The van der Waals surface area contributed by atoms with Crippen molar-refractivity contribution < 1.29 is 4.74 Å². The second kappa shape index (κ2) is 11.0. The fraction of sp³-hybridized carbons (Fsp3) is 0.483. The molecule has 2 unspecified atom stereocenters. The summed E-state index contributed by atoms with van der Waals surface area (Å²) in [6, 6.07) is 4.54. The van der Waals surface area contributed by atoms with Gasteiger partial charge >= 0.3 is 0 Å². The van der Waals surface area contributed by atoms with Gasteiger partial charge in [0.2, 0.25) is 0 Å². The highest BCUT2D eigenvalue weighted by Crippen LogP contribution is 2.42. The normalized spacial score (nSPS) is 20.0. The van der Waals surface area contributed by atoms with Gasteiger partial charge in [0.15, 0.2) is 5.88 Å². The standard InChI is InChI=1S/C29H41BN6OS/c1-18-11-13-36(26-24(38-9)10-12-32-25(18)26)28-22(16-23(30)20(3)33-28)27(31-8)35-15-14-34(17-19(35)2)21(4)37-29(5,6)7/h10-13,16,18-19H,4,14-15,17,30H2,1-3,5-9H3/b31-27+. The Morgan fingerprint density at radius 2 is 2.00 bits per heavy atom. The molecule has 9 heteroatoms. The van der Waals surface area contributed by atoms with E-state index in [1.54, 1.807) is 11.8 Å². The van der Waals surface area contributed by atoms with Crippen LogP contribution in [-0.4, -0.2) is 78.0 Å². The van der Waals surface area contributed by atoms with E-state index in [1.165, 1.54) is 4.90 Å². The molecule has 0 radical (unpaired) electrons. The van der Waals surface area contributed by atoms with E-state index in [9.17, 15) is 0 Å². The second-order valence-electron chi connectivity index (χ2n) is 11.2. The van der Waals surface area contributed by atoms with E-state index in [0.29, 0.717) is 0 Å². The summed E-state index contributed by atoms with van der Waals surface area (Å²) in [6.45, 7) is 19.3. The Morgan fingerprint density at radius 1 is 1.26 bits per heavy atom. The monoisotopic (exact) mass is 532 g/mol. The van der Waals surface area contributed by atoms with Crippen LogP contribution in [0.3, 0.4) is 0 Å². The molecule has 2 aliphatic heterocycles. The van der Waals surface area contributed by atoms with E-state index in [4.69, 9.17) is 19.7 Å².